The van der Waals surface area contributed by atoms with Crippen LogP contribution in [0.4, 0.5) is 0 Å². The highest BCUT2D eigenvalue weighted by Gasteiger charge is 2.14. The van der Waals surface area contributed by atoms with Gasteiger partial charge in [0.2, 0.25) is 0 Å². The number of carbonyl (C=O) groups excluding carboxylic acids is 3. The van der Waals surface area contributed by atoms with Gasteiger partial charge in [-0.05, 0) is 13.5 Å². The zero-order valence-electron chi connectivity index (χ0n) is 8.74. The van der Waals surface area contributed by atoms with E-state index < -0.39 is 23.6 Å². The summed E-state index contributed by atoms with van der Waals surface area (Å²) in [6, 6.07) is 0. The minimum absolute atomic E-state index is 0.108. The quantitative estimate of drug-likeness (QED) is 0.324. The minimum atomic E-state index is -0.954. The van der Waals surface area contributed by atoms with Gasteiger partial charge in [-0.25, -0.2) is 9.59 Å². The van der Waals surface area contributed by atoms with Crippen molar-refractivity contribution in [1.29, 1.82) is 0 Å². The van der Waals surface area contributed by atoms with Gasteiger partial charge >= 0.3 is 17.8 Å². The highest BCUT2D eigenvalue weighted by Crippen LogP contribution is 2.00. The maximum absolute atomic E-state index is 11.1. The molecule has 0 saturated heterocycles. The van der Waals surface area contributed by atoms with Crippen molar-refractivity contribution in [3.8, 4) is 0 Å². The number of ether oxygens (including phenoxy) is 1. The molecule has 0 aliphatic heterocycles. The van der Waals surface area contributed by atoms with Gasteiger partial charge in [-0.1, -0.05) is 13.2 Å². The molecule has 0 aromatic rings. The maximum atomic E-state index is 11.1. The molecule has 0 aromatic heterocycles. The van der Waals surface area contributed by atoms with Crippen LogP contribution < -0.4 is 5.48 Å². The Balaban J connectivity index is 4.15. The first-order valence-electron chi connectivity index (χ1n) is 4.08. The van der Waals surface area contributed by atoms with Crippen LogP contribution in [0.25, 0.3) is 0 Å². The number of hydroxylamine groups is 1. The molecule has 0 radical (unpaired) electrons. The van der Waals surface area contributed by atoms with Crippen LogP contribution in [-0.2, 0) is 24.0 Å². The van der Waals surface area contributed by atoms with Crippen LogP contribution in [-0.4, -0.2) is 17.8 Å². The monoisotopic (exact) mass is 225 g/mol. The van der Waals surface area contributed by atoms with Gasteiger partial charge in [-0.2, -0.15) is 5.48 Å². The predicted octanol–water partition coefficient (Wildman–Crippen LogP) is 0.380. The van der Waals surface area contributed by atoms with Gasteiger partial charge in [-0.15, -0.1) is 0 Å². The fraction of sp³-hybridized carbons (Fsp3) is 0.100. The van der Waals surface area contributed by atoms with E-state index in [1.165, 1.54) is 6.92 Å². The Morgan fingerprint density at radius 2 is 1.81 bits per heavy atom. The molecule has 0 atom stereocenters. The van der Waals surface area contributed by atoms with Gasteiger partial charge in [0.15, 0.2) is 5.76 Å². The lowest BCUT2D eigenvalue weighted by Crippen LogP contribution is -2.29. The van der Waals surface area contributed by atoms with Crippen molar-refractivity contribution in [3.05, 3.63) is 37.1 Å². The van der Waals surface area contributed by atoms with E-state index in [0.717, 1.165) is 6.08 Å². The molecule has 0 saturated carbocycles. The summed E-state index contributed by atoms with van der Waals surface area (Å²) in [5, 5.41) is 0. The van der Waals surface area contributed by atoms with Crippen molar-refractivity contribution in [2.45, 2.75) is 6.92 Å². The number of carbonyl (C=O) groups is 3. The number of hydrogen-bond acceptors (Lipinski definition) is 5. The largest absolute Gasteiger partial charge is 0.418 e. The Hall–Kier alpha value is -2.37. The molecule has 0 bridgehead atoms. The van der Waals surface area contributed by atoms with E-state index in [1.54, 1.807) is 5.48 Å². The average molecular weight is 225 g/mol. The lowest BCUT2D eigenvalue weighted by molar-refractivity contribution is -0.154. The number of amides is 1. The van der Waals surface area contributed by atoms with Gasteiger partial charge in [0.25, 0.3) is 0 Å². The Bertz CT molecular complexity index is 369. The molecule has 0 unspecified atom stereocenters. The summed E-state index contributed by atoms with van der Waals surface area (Å²) in [4.78, 5) is 36.8. The van der Waals surface area contributed by atoms with Gasteiger partial charge in [0.1, 0.15) is 0 Å². The molecular formula is C10H11NO5. The second-order valence-electron chi connectivity index (χ2n) is 2.65. The molecule has 86 valence electrons. The predicted molar refractivity (Wildman–Crippen MR) is 54.5 cm³/mol. The van der Waals surface area contributed by atoms with Gasteiger partial charge < -0.3 is 9.57 Å². The fourth-order valence-electron chi connectivity index (χ4n) is 0.441. The Morgan fingerprint density at radius 1 is 1.25 bits per heavy atom. The number of nitrogens with one attached hydrogen (secondary N) is 1. The van der Waals surface area contributed by atoms with Crippen molar-refractivity contribution in [2.24, 2.45) is 0 Å². The third-order valence-corrected chi connectivity index (χ3v) is 1.23. The SMILES string of the molecule is C=CC(=O)ONC(=O)C(=C)OC(=O)C(=C)C. The van der Waals surface area contributed by atoms with E-state index in [9.17, 15) is 14.4 Å². The first kappa shape index (κ1) is 13.6. The summed E-state index contributed by atoms with van der Waals surface area (Å²) in [5.41, 5.74) is 1.82. The first-order chi connectivity index (χ1) is 7.38. The van der Waals surface area contributed by atoms with Crippen molar-refractivity contribution < 1.29 is 24.0 Å². The fourth-order valence-corrected chi connectivity index (χ4v) is 0.441. The summed E-state index contributed by atoms with van der Waals surface area (Å²) in [5.74, 6) is -3.11. The van der Waals surface area contributed by atoms with Crippen molar-refractivity contribution in [2.75, 3.05) is 0 Å². The average Bonchev–Trinajstić information content (AvgIpc) is 2.24. The smallest absolute Gasteiger partial charge is 0.355 e. The van der Waals surface area contributed by atoms with Crippen LogP contribution in [0.5, 0.6) is 0 Å². The molecule has 0 rings (SSSR count). The minimum Gasteiger partial charge on any atom is -0.418 e. The van der Waals surface area contributed by atoms with Crippen molar-refractivity contribution >= 4 is 17.8 Å². The molecule has 0 spiro atoms. The van der Waals surface area contributed by atoms with Crippen LogP contribution >= 0.6 is 0 Å². The molecule has 0 aromatic carbocycles. The molecule has 6 nitrogen and oxygen atoms in total. The van der Waals surface area contributed by atoms with E-state index in [-0.39, 0.29) is 5.57 Å². The Morgan fingerprint density at radius 3 is 2.25 bits per heavy atom. The molecule has 0 fully saturated rings. The molecule has 6 heteroatoms. The van der Waals surface area contributed by atoms with Crippen LogP contribution in [0.15, 0.2) is 37.1 Å². The summed E-state index contributed by atoms with van der Waals surface area (Å²) in [6.07, 6.45) is 0.850. The van der Waals surface area contributed by atoms with E-state index >= 15 is 0 Å². The molecule has 0 heterocycles. The number of esters is 1. The van der Waals surface area contributed by atoms with Crippen molar-refractivity contribution in [1.82, 2.24) is 5.48 Å². The Kier molecular flexibility index (Phi) is 5.26. The van der Waals surface area contributed by atoms with Crippen LogP contribution in [0.3, 0.4) is 0 Å². The highest BCUT2D eigenvalue weighted by molar-refractivity contribution is 5.96. The second kappa shape index (κ2) is 6.18. The van der Waals surface area contributed by atoms with E-state index in [2.05, 4.69) is 29.3 Å². The van der Waals surface area contributed by atoms with Gasteiger partial charge in [0.05, 0.1) is 0 Å². The summed E-state index contributed by atoms with van der Waals surface area (Å²) < 4.78 is 4.48. The standard InChI is InChI=1S/C10H11NO5/c1-5-8(12)16-11-9(13)7(4)15-10(14)6(2)3/h5H,1-2,4H2,3H3,(H,11,13). The normalized spacial score (nSPS) is 8.56. The van der Waals surface area contributed by atoms with Gasteiger partial charge in [-0.3, -0.25) is 4.79 Å². The third-order valence-electron chi connectivity index (χ3n) is 1.23. The lowest BCUT2D eigenvalue weighted by atomic mass is 10.4. The third kappa shape index (κ3) is 4.75. The van der Waals surface area contributed by atoms with Crippen LogP contribution in [0, 0.1) is 0 Å². The summed E-state index contributed by atoms with van der Waals surface area (Å²) in [7, 11) is 0. The summed E-state index contributed by atoms with van der Waals surface area (Å²) in [6.45, 7) is 11.0. The first-order valence-corrected chi connectivity index (χ1v) is 4.08. The second-order valence-corrected chi connectivity index (χ2v) is 2.65. The highest BCUT2D eigenvalue weighted by atomic mass is 16.7. The van der Waals surface area contributed by atoms with Crippen LogP contribution in [0.1, 0.15) is 6.92 Å². The van der Waals surface area contributed by atoms with Gasteiger partial charge in [0, 0.05) is 11.6 Å². The van der Waals surface area contributed by atoms with E-state index in [4.69, 9.17) is 0 Å². The maximum Gasteiger partial charge on any atom is 0.355 e. The molecule has 0 aliphatic carbocycles. The van der Waals surface area contributed by atoms with Crippen LogP contribution in [0.2, 0.25) is 0 Å². The van der Waals surface area contributed by atoms with Crippen molar-refractivity contribution in [3.63, 3.8) is 0 Å². The molecule has 16 heavy (non-hydrogen) atoms. The molecule has 1 N–H and O–H groups in total. The zero-order chi connectivity index (χ0) is 12.7. The molecular weight excluding hydrogens is 214 g/mol. The van der Waals surface area contributed by atoms with E-state index in [1.807, 2.05) is 0 Å². The molecule has 1 amide bonds. The number of rotatable bonds is 4. The molecule has 0 aliphatic rings. The topological polar surface area (TPSA) is 81.7 Å². The lowest BCUT2D eigenvalue weighted by Gasteiger charge is -2.06. The van der Waals surface area contributed by atoms with E-state index in [0.29, 0.717) is 0 Å². The summed E-state index contributed by atoms with van der Waals surface area (Å²) >= 11 is 0. The Labute approximate surface area is 92.2 Å². The zero-order valence-corrected chi connectivity index (χ0v) is 8.74. The number of hydrogen-bond donors (Lipinski definition) is 1.